The Kier molecular flexibility index (Phi) is 6.77. The number of carbonyl (C=O) groups excluding carboxylic acids is 1. The van der Waals surface area contributed by atoms with Crippen molar-refractivity contribution in [2.75, 3.05) is 26.7 Å². The second kappa shape index (κ2) is 9.88. The monoisotopic (exact) mass is 420 g/mol. The number of H-pyrrole nitrogens is 1. The number of hydrogen-bond acceptors (Lipinski definition) is 3. The van der Waals surface area contributed by atoms with Gasteiger partial charge in [0.2, 0.25) is 0 Å². The predicted molar refractivity (Wildman–Crippen MR) is 120 cm³/mol. The zero-order valence-corrected chi connectivity index (χ0v) is 18.0. The molecule has 2 aromatic carbocycles. The fourth-order valence-electron chi connectivity index (χ4n) is 4.04. The Hall–Kier alpha value is -2.99. The molecule has 1 amide bonds. The maximum Gasteiger partial charge on any atom is 0.253 e. The molecule has 4 rings (SSSR count). The number of aryl methyl sites for hydroxylation is 1. The normalized spacial score (nSPS) is 13.8. The number of amides is 1. The topological polar surface area (TPSA) is 52.2 Å². The molecule has 5 nitrogen and oxygen atoms in total. The van der Waals surface area contributed by atoms with Crippen LogP contribution in [0.4, 0.5) is 4.39 Å². The fourth-order valence-corrected chi connectivity index (χ4v) is 4.04. The first-order chi connectivity index (χ1) is 15.1. The summed E-state index contributed by atoms with van der Waals surface area (Å²) in [4.78, 5) is 16.7. The van der Waals surface area contributed by atoms with Crippen molar-refractivity contribution >= 4 is 5.91 Å². The first-order valence-corrected chi connectivity index (χ1v) is 11.0. The zero-order valence-electron chi connectivity index (χ0n) is 18.0. The molecule has 0 bridgehead atoms. The van der Waals surface area contributed by atoms with E-state index in [0.717, 1.165) is 74.4 Å². The molecule has 3 aromatic rings. The van der Waals surface area contributed by atoms with E-state index in [1.165, 1.54) is 17.7 Å². The van der Waals surface area contributed by atoms with Gasteiger partial charge in [-0.3, -0.25) is 9.89 Å². The second-order valence-corrected chi connectivity index (χ2v) is 8.32. The standard InChI is InChI=1S/C25H29FN4O/c1-29(18-19-6-8-21(9-7-19)25(31)30-15-2-3-16-30)14-4-5-23-17-24(28-27-23)20-10-12-22(26)13-11-20/h6-13,17H,2-5,14-16,18H2,1H3,(H,27,28). The van der Waals surface area contributed by atoms with Gasteiger partial charge in [-0.2, -0.15) is 5.10 Å². The highest BCUT2D eigenvalue weighted by Crippen LogP contribution is 2.19. The number of aromatic amines is 1. The van der Waals surface area contributed by atoms with Crippen LogP contribution < -0.4 is 0 Å². The van der Waals surface area contributed by atoms with Gasteiger partial charge < -0.3 is 9.80 Å². The SMILES string of the molecule is CN(CCCc1cc(-c2ccc(F)cc2)n[nH]1)Cc1ccc(C(=O)N2CCCC2)cc1. The smallest absolute Gasteiger partial charge is 0.253 e. The lowest BCUT2D eigenvalue weighted by Crippen LogP contribution is -2.27. The van der Waals surface area contributed by atoms with Crippen LogP contribution in [0.25, 0.3) is 11.3 Å². The Morgan fingerprint density at radius 3 is 2.52 bits per heavy atom. The number of nitrogens with one attached hydrogen (secondary N) is 1. The third-order valence-corrected chi connectivity index (χ3v) is 5.80. The highest BCUT2D eigenvalue weighted by molar-refractivity contribution is 5.94. The number of hydrogen-bond donors (Lipinski definition) is 1. The molecule has 0 unspecified atom stereocenters. The largest absolute Gasteiger partial charge is 0.339 e. The van der Waals surface area contributed by atoms with Crippen molar-refractivity contribution in [1.82, 2.24) is 20.0 Å². The van der Waals surface area contributed by atoms with E-state index in [2.05, 4.69) is 34.3 Å². The number of rotatable bonds is 8. The Balaban J connectivity index is 1.23. The first kappa shape index (κ1) is 21.2. The number of carbonyl (C=O) groups is 1. The number of likely N-dealkylation sites (tertiary alicyclic amines) is 1. The molecule has 1 aromatic heterocycles. The van der Waals surface area contributed by atoms with Crippen LogP contribution in [0.2, 0.25) is 0 Å². The average Bonchev–Trinajstić information content (AvgIpc) is 3.47. The third kappa shape index (κ3) is 5.58. The van der Waals surface area contributed by atoms with Gasteiger partial charge in [-0.25, -0.2) is 4.39 Å². The molecule has 0 atom stereocenters. The third-order valence-electron chi connectivity index (χ3n) is 5.80. The summed E-state index contributed by atoms with van der Waals surface area (Å²) in [5.41, 5.74) is 4.82. The van der Waals surface area contributed by atoms with E-state index in [-0.39, 0.29) is 11.7 Å². The summed E-state index contributed by atoms with van der Waals surface area (Å²) in [6, 6.07) is 16.4. The average molecular weight is 421 g/mol. The van der Waals surface area contributed by atoms with Crippen molar-refractivity contribution in [3.8, 4) is 11.3 Å². The lowest BCUT2D eigenvalue weighted by molar-refractivity contribution is 0.0793. The minimum absolute atomic E-state index is 0.150. The number of aromatic nitrogens is 2. The van der Waals surface area contributed by atoms with Crippen molar-refractivity contribution in [3.63, 3.8) is 0 Å². The van der Waals surface area contributed by atoms with Crippen LogP contribution in [0, 0.1) is 5.82 Å². The number of halogens is 1. The Bertz CT molecular complexity index is 991. The van der Waals surface area contributed by atoms with E-state index < -0.39 is 0 Å². The molecule has 2 heterocycles. The summed E-state index contributed by atoms with van der Waals surface area (Å²) in [5.74, 6) is -0.0904. The maximum absolute atomic E-state index is 13.1. The maximum atomic E-state index is 13.1. The van der Waals surface area contributed by atoms with E-state index in [1.807, 2.05) is 23.1 Å². The molecule has 6 heteroatoms. The van der Waals surface area contributed by atoms with Gasteiger partial charge in [-0.05, 0) is 87.3 Å². The van der Waals surface area contributed by atoms with Gasteiger partial charge >= 0.3 is 0 Å². The van der Waals surface area contributed by atoms with E-state index in [1.54, 1.807) is 12.1 Å². The number of benzene rings is 2. The van der Waals surface area contributed by atoms with Crippen LogP contribution in [0.1, 0.15) is 40.9 Å². The highest BCUT2D eigenvalue weighted by Gasteiger charge is 2.19. The van der Waals surface area contributed by atoms with E-state index >= 15 is 0 Å². The summed E-state index contributed by atoms with van der Waals surface area (Å²) in [6.45, 7) is 3.57. The lowest BCUT2D eigenvalue weighted by Gasteiger charge is -2.18. The first-order valence-electron chi connectivity index (χ1n) is 11.0. The van der Waals surface area contributed by atoms with Crippen molar-refractivity contribution < 1.29 is 9.18 Å². The Labute approximate surface area is 182 Å². The van der Waals surface area contributed by atoms with Gasteiger partial charge in [-0.15, -0.1) is 0 Å². The van der Waals surface area contributed by atoms with Gasteiger partial charge in [0.15, 0.2) is 0 Å². The molecule has 162 valence electrons. The van der Waals surface area contributed by atoms with Crippen LogP contribution in [0.3, 0.4) is 0 Å². The molecule has 31 heavy (non-hydrogen) atoms. The van der Waals surface area contributed by atoms with Gasteiger partial charge in [0, 0.05) is 36.5 Å². The Morgan fingerprint density at radius 1 is 1.10 bits per heavy atom. The van der Waals surface area contributed by atoms with Crippen LogP contribution in [-0.4, -0.2) is 52.6 Å². The molecular formula is C25H29FN4O. The van der Waals surface area contributed by atoms with Gasteiger partial charge in [-0.1, -0.05) is 12.1 Å². The summed E-state index contributed by atoms with van der Waals surface area (Å²) in [5, 5.41) is 7.42. The predicted octanol–water partition coefficient (Wildman–Crippen LogP) is 4.52. The van der Waals surface area contributed by atoms with Crippen molar-refractivity contribution in [2.45, 2.75) is 32.2 Å². The molecule has 0 saturated carbocycles. The van der Waals surface area contributed by atoms with Gasteiger partial charge in [0.25, 0.3) is 5.91 Å². The van der Waals surface area contributed by atoms with E-state index in [0.29, 0.717) is 0 Å². The van der Waals surface area contributed by atoms with E-state index in [9.17, 15) is 9.18 Å². The van der Waals surface area contributed by atoms with Crippen LogP contribution >= 0.6 is 0 Å². The molecule has 1 fully saturated rings. The molecule has 0 radical (unpaired) electrons. The van der Waals surface area contributed by atoms with Crippen molar-refractivity contribution in [3.05, 3.63) is 77.2 Å². The lowest BCUT2D eigenvalue weighted by atomic mass is 10.1. The summed E-state index contributed by atoms with van der Waals surface area (Å²) in [7, 11) is 2.11. The Morgan fingerprint density at radius 2 is 1.81 bits per heavy atom. The molecule has 1 aliphatic rings. The van der Waals surface area contributed by atoms with Crippen LogP contribution in [0.5, 0.6) is 0 Å². The van der Waals surface area contributed by atoms with Crippen LogP contribution in [-0.2, 0) is 13.0 Å². The minimum Gasteiger partial charge on any atom is -0.339 e. The molecular weight excluding hydrogens is 391 g/mol. The van der Waals surface area contributed by atoms with Gasteiger partial charge in [0.05, 0.1) is 5.69 Å². The molecule has 1 saturated heterocycles. The second-order valence-electron chi connectivity index (χ2n) is 8.32. The summed E-state index contributed by atoms with van der Waals surface area (Å²) >= 11 is 0. The molecule has 1 N–H and O–H groups in total. The fraction of sp³-hybridized carbons (Fsp3) is 0.360. The summed E-state index contributed by atoms with van der Waals surface area (Å²) < 4.78 is 13.1. The van der Waals surface area contributed by atoms with E-state index in [4.69, 9.17) is 0 Å². The minimum atomic E-state index is -0.240. The molecule has 1 aliphatic heterocycles. The van der Waals surface area contributed by atoms with Crippen molar-refractivity contribution in [2.24, 2.45) is 0 Å². The molecule has 0 spiro atoms. The number of nitrogens with zero attached hydrogens (tertiary/aromatic N) is 3. The van der Waals surface area contributed by atoms with Crippen LogP contribution in [0.15, 0.2) is 54.6 Å². The van der Waals surface area contributed by atoms with Crippen molar-refractivity contribution in [1.29, 1.82) is 0 Å². The van der Waals surface area contributed by atoms with Gasteiger partial charge in [0.1, 0.15) is 5.82 Å². The summed E-state index contributed by atoms with van der Waals surface area (Å²) in [6.07, 6.45) is 4.14. The zero-order chi connectivity index (χ0) is 21.6. The quantitative estimate of drug-likeness (QED) is 0.583. The molecule has 0 aliphatic carbocycles. The highest BCUT2D eigenvalue weighted by atomic mass is 19.1.